The Kier molecular flexibility index (Phi) is 6.23. The van der Waals surface area contributed by atoms with Crippen LogP contribution < -0.4 is 10.5 Å². The minimum Gasteiger partial charge on any atom is -0.492 e. The van der Waals surface area contributed by atoms with E-state index in [9.17, 15) is 9.59 Å². The zero-order valence-corrected chi connectivity index (χ0v) is 13.8. The molecular formula is C18H19NO3S. The smallest absolute Gasteiger partial charge is 0.248 e. The lowest BCUT2D eigenvalue weighted by Crippen LogP contribution is -2.10. The fraction of sp³-hybridized carbons (Fsp3) is 0.222. The monoisotopic (exact) mass is 329 g/mol. The van der Waals surface area contributed by atoms with Gasteiger partial charge >= 0.3 is 0 Å². The van der Waals surface area contributed by atoms with Gasteiger partial charge in [0.15, 0.2) is 5.78 Å². The van der Waals surface area contributed by atoms with Gasteiger partial charge in [0.1, 0.15) is 5.75 Å². The first-order valence-electron chi connectivity index (χ1n) is 7.27. The highest BCUT2D eigenvalue weighted by atomic mass is 32.2. The van der Waals surface area contributed by atoms with Gasteiger partial charge in [-0.05, 0) is 36.8 Å². The molecule has 0 heterocycles. The first kappa shape index (κ1) is 17.1. The summed E-state index contributed by atoms with van der Waals surface area (Å²) in [5.74, 6) is 1.86. The van der Waals surface area contributed by atoms with Crippen LogP contribution in [0.25, 0.3) is 0 Å². The van der Waals surface area contributed by atoms with E-state index in [0.717, 1.165) is 17.1 Å². The van der Waals surface area contributed by atoms with Crippen molar-refractivity contribution >= 4 is 23.5 Å². The number of primary amides is 1. The summed E-state index contributed by atoms with van der Waals surface area (Å²) in [6.07, 6.45) is 0. The van der Waals surface area contributed by atoms with Gasteiger partial charge in [0, 0.05) is 17.1 Å². The van der Waals surface area contributed by atoms with Crippen molar-refractivity contribution in [1.82, 2.24) is 0 Å². The number of amides is 1. The van der Waals surface area contributed by atoms with E-state index in [1.54, 1.807) is 30.0 Å². The lowest BCUT2D eigenvalue weighted by Gasteiger charge is -2.09. The minimum atomic E-state index is -0.415. The van der Waals surface area contributed by atoms with Crippen LogP contribution in [0.4, 0.5) is 0 Å². The van der Waals surface area contributed by atoms with Crippen molar-refractivity contribution in [3.05, 3.63) is 65.2 Å². The first-order valence-corrected chi connectivity index (χ1v) is 8.42. The molecule has 0 aliphatic rings. The lowest BCUT2D eigenvalue weighted by molar-refractivity contribution is 0.0995. The second-order valence-corrected chi connectivity index (χ2v) is 6.12. The zero-order chi connectivity index (χ0) is 16.7. The molecule has 0 spiro atoms. The summed E-state index contributed by atoms with van der Waals surface area (Å²) < 4.78 is 5.68. The summed E-state index contributed by atoms with van der Waals surface area (Å²) in [4.78, 5) is 22.5. The van der Waals surface area contributed by atoms with E-state index >= 15 is 0 Å². The van der Waals surface area contributed by atoms with Gasteiger partial charge in [0.25, 0.3) is 0 Å². The maximum Gasteiger partial charge on any atom is 0.248 e. The number of para-hydroxylation sites is 1. The first-order chi connectivity index (χ1) is 11.1. The van der Waals surface area contributed by atoms with Gasteiger partial charge in [0.05, 0.1) is 12.2 Å². The molecule has 2 N–H and O–H groups in total. The minimum absolute atomic E-state index is 0.00259. The van der Waals surface area contributed by atoms with Gasteiger partial charge in [-0.15, -0.1) is 0 Å². The van der Waals surface area contributed by atoms with E-state index in [0.29, 0.717) is 23.5 Å². The van der Waals surface area contributed by atoms with Crippen molar-refractivity contribution < 1.29 is 14.3 Å². The molecule has 0 bridgehead atoms. The van der Waals surface area contributed by atoms with Crippen LogP contribution in [0.3, 0.4) is 0 Å². The molecule has 2 aromatic carbocycles. The molecule has 0 atom stereocenters. The molecule has 0 aliphatic heterocycles. The molecule has 0 unspecified atom stereocenters. The number of ketones is 1. The van der Waals surface area contributed by atoms with E-state index in [2.05, 4.69) is 0 Å². The summed E-state index contributed by atoms with van der Waals surface area (Å²) in [6.45, 7) is 2.07. The van der Waals surface area contributed by atoms with Gasteiger partial charge in [-0.25, -0.2) is 0 Å². The summed E-state index contributed by atoms with van der Waals surface area (Å²) in [5, 5.41) is 0. The van der Waals surface area contributed by atoms with Crippen molar-refractivity contribution in [1.29, 1.82) is 0 Å². The second kappa shape index (κ2) is 8.39. The Morgan fingerprint density at radius 3 is 2.43 bits per heavy atom. The normalized spacial score (nSPS) is 10.3. The number of carbonyl (C=O) groups excluding carboxylic acids is 2. The van der Waals surface area contributed by atoms with Gasteiger partial charge < -0.3 is 10.5 Å². The van der Waals surface area contributed by atoms with Crippen LogP contribution >= 0.6 is 11.8 Å². The number of carbonyl (C=O) groups is 2. The fourth-order valence-electron chi connectivity index (χ4n) is 2.05. The highest BCUT2D eigenvalue weighted by Gasteiger charge is 2.07. The third-order valence-corrected chi connectivity index (χ3v) is 4.25. The van der Waals surface area contributed by atoms with Crippen molar-refractivity contribution in [2.75, 3.05) is 12.4 Å². The van der Waals surface area contributed by atoms with Crippen LogP contribution in [-0.4, -0.2) is 24.1 Å². The molecule has 2 rings (SSSR count). The average molecular weight is 329 g/mol. The number of benzene rings is 2. The fourth-order valence-corrected chi connectivity index (χ4v) is 2.82. The van der Waals surface area contributed by atoms with Gasteiger partial charge in [-0.3, -0.25) is 9.59 Å². The van der Waals surface area contributed by atoms with Crippen molar-refractivity contribution in [2.24, 2.45) is 5.73 Å². The Morgan fingerprint density at radius 2 is 1.78 bits per heavy atom. The SMILES string of the molecule is CC(=O)c1ccccc1OCCSCc1ccc(C(N)=O)cc1. The summed E-state index contributed by atoms with van der Waals surface area (Å²) >= 11 is 1.73. The lowest BCUT2D eigenvalue weighted by atomic mass is 10.1. The zero-order valence-electron chi connectivity index (χ0n) is 13.0. The molecular weight excluding hydrogens is 310 g/mol. The highest BCUT2D eigenvalue weighted by Crippen LogP contribution is 2.19. The molecule has 0 aromatic heterocycles. The van der Waals surface area contributed by atoms with Crippen LogP contribution in [0.15, 0.2) is 48.5 Å². The second-order valence-electron chi connectivity index (χ2n) is 5.01. The Labute approximate surface area is 140 Å². The molecule has 0 saturated heterocycles. The molecule has 120 valence electrons. The number of nitrogens with two attached hydrogens (primary N) is 1. The van der Waals surface area contributed by atoms with Crippen LogP contribution in [0.5, 0.6) is 5.75 Å². The van der Waals surface area contributed by atoms with Gasteiger partial charge in [-0.1, -0.05) is 24.3 Å². The number of Topliss-reactive ketones (excluding diaryl/α,β-unsaturated/α-hetero) is 1. The topological polar surface area (TPSA) is 69.4 Å². The maximum absolute atomic E-state index is 11.5. The molecule has 0 fully saturated rings. The predicted octanol–water partition coefficient (Wildman–Crippen LogP) is 3.30. The number of ether oxygens (including phenoxy) is 1. The third-order valence-electron chi connectivity index (χ3n) is 3.26. The number of hydrogen-bond acceptors (Lipinski definition) is 4. The molecule has 0 radical (unpaired) electrons. The van der Waals surface area contributed by atoms with E-state index in [4.69, 9.17) is 10.5 Å². The number of thioether (sulfide) groups is 1. The van der Waals surface area contributed by atoms with Crippen molar-refractivity contribution in [3.63, 3.8) is 0 Å². The van der Waals surface area contributed by atoms with Gasteiger partial charge in [0.2, 0.25) is 5.91 Å². The van der Waals surface area contributed by atoms with Crippen LogP contribution in [0.1, 0.15) is 33.2 Å². The third kappa shape index (κ3) is 5.14. The average Bonchev–Trinajstić information content (AvgIpc) is 2.55. The van der Waals surface area contributed by atoms with Crippen molar-refractivity contribution in [3.8, 4) is 5.75 Å². The Bertz CT molecular complexity index is 683. The van der Waals surface area contributed by atoms with E-state index in [1.807, 2.05) is 30.3 Å². The van der Waals surface area contributed by atoms with Crippen LogP contribution in [-0.2, 0) is 5.75 Å². The largest absolute Gasteiger partial charge is 0.492 e. The standard InChI is InChI=1S/C18H19NO3S/c1-13(20)16-4-2-3-5-17(16)22-10-11-23-12-14-6-8-15(9-7-14)18(19)21/h2-9H,10-12H2,1H3,(H2,19,21). The number of rotatable bonds is 8. The summed E-state index contributed by atoms with van der Waals surface area (Å²) in [5.41, 5.74) is 7.46. The molecule has 5 heteroatoms. The highest BCUT2D eigenvalue weighted by molar-refractivity contribution is 7.98. The molecule has 23 heavy (non-hydrogen) atoms. The molecule has 4 nitrogen and oxygen atoms in total. The quantitative estimate of drug-likeness (QED) is 0.596. The molecule has 1 amide bonds. The Hall–Kier alpha value is -2.27. The number of hydrogen-bond donors (Lipinski definition) is 1. The molecule has 0 aliphatic carbocycles. The Morgan fingerprint density at radius 1 is 1.09 bits per heavy atom. The van der Waals surface area contributed by atoms with Crippen molar-refractivity contribution in [2.45, 2.75) is 12.7 Å². The predicted molar refractivity (Wildman–Crippen MR) is 93.1 cm³/mol. The van der Waals surface area contributed by atoms with Crippen LogP contribution in [0.2, 0.25) is 0 Å². The molecule has 0 saturated carbocycles. The van der Waals surface area contributed by atoms with Crippen LogP contribution in [0, 0.1) is 0 Å². The molecule has 2 aromatic rings. The van der Waals surface area contributed by atoms with E-state index < -0.39 is 5.91 Å². The van der Waals surface area contributed by atoms with Gasteiger partial charge in [-0.2, -0.15) is 11.8 Å². The summed E-state index contributed by atoms with van der Waals surface area (Å²) in [7, 11) is 0. The Balaban J connectivity index is 1.76. The van der Waals surface area contributed by atoms with E-state index in [-0.39, 0.29) is 5.78 Å². The maximum atomic E-state index is 11.5. The summed E-state index contributed by atoms with van der Waals surface area (Å²) in [6, 6.07) is 14.5. The van der Waals surface area contributed by atoms with E-state index in [1.165, 1.54) is 6.92 Å².